The number of benzene rings is 2. The number of hydrogen-bond acceptors (Lipinski definition) is 5. The van der Waals surface area contributed by atoms with E-state index in [9.17, 15) is 19.5 Å². The third kappa shape index (κ3) is 7.71. The zero-order valence-electron chi connectivity index (χ0n) is 19.9. The summed E-state index contributed by atoms with van der Waals surface area (Å²) in [5, 5.41) is 17.5. The van der Waals surface area contributed by atoms with Gasteiger partial charge in [-0.3, -0.25) is 5.32 Å². The highest BCUT2D eigenvalue weighted by molar-refractivity contribution is 6.03. The minimum absolute atomic E-state index is 0.113. The van der Waals surface area contributed by atoms with Crippen LogP contribution in [0, 0.1) is 6.92 Å². The van der Waals surface area contributed by atoms with Gasteiger partial charge in [-0.15, -0.1) is 0 Å². The highest BCUT2D eigenvalue weighted by atomic mass is 16.6. The van der Waals surface area contributed by atoms with Gasteiger partial charge in [-0.05, 0) is 69.5 Å². The molecule has 3 amide bonds. The molecule has 0 aliphatic heterocycles. The molecule has 2 aromatic carbocycles. The Kier molecular flexibility index (Phi) is 8.28. The Morgan fingerprint density at radius 2 is 1.58 bits per heavy atom. The fraction of sp³-hybridized carbons (Fsp3) is 0.375. The Labute approximate surface area is 194 Å². The smallest absolute Gasteiger partial charge is 0.412 e. The lowest BCUT2D eigenvalue weighted by atomic mass is 10.0. The molecule has 9 heteroatoms. The molecule has 9 nitrogen and oxygen atoms in total. The molecule has 33 heavy (non-hydrogen) atoms. The van der Waals surface area contributed by atoms with E-state index in [2.05, 4.69) is 16.0 Å². The SMILES string of the molecule is Cc1c(NC(=O)OC(C)(C)C)ccc(NC(=O)NCCc2ccc(N(C)C)cc2)c1C(=O)O. The van der Waals surface area contributed by atoms with Crippen molar-refractivity contribution in [1.82, 2.24) is 5.32 Å². The van der Waals surface area contributed by atoms with Gasteiger partial charge in [-0.25, -0.2) is 14.4 Å². The van der Waals surface area contributed by atoms with E-state index in [1.165, 1.54) is 12.1 Å². The minimum Gasteiger partial charge on any atom is -0.478 e. The Hall–Kier alpha value is -3.75. The van der Waals surface area contributed by atoms with E-state index < -0.39 is 23.7 Å². The van der Waals surface area contributed by atoms with Crippen LogP contribution in [0.25, 0.3) is 0 Å². The second-order valence-electron chi connectivity index (χ2n) is 8.78. The number of ether oxygens (including phenoxy) is 1. The van der Waals surface area contributed by atoms with Crippen LogP contribution in [-0.4, -0.2) is 49.4 Å². The molecular formula is C24H32N4O5. The molecule has 0 fully saturated rings. The molecule has 0 spiro atoms. The summed E-state index contributed by atoms with van der Waals surface area (Å²) in [6.45, 7) is 7.12. The van der Waals surface area contributed by atoms with Crippen LogP contribution in [0.3, 0.4) is 0 Å². The van der Waals surface area contributed by atoms with Gasteiger partial charge in [-0.2, -0.15) is 0 Å². The molecule has 0 aromatic heterocycles. The van der Waals surface area contributed by atoms with Crippen LogP contribution >= 0.6 is 0 Å². The molecule has 2 rings (SSSR count). The first-order chi connectivity index (χ1) is 15.4. The second-order valence-corrected chi connectivity index (χ2v) is 8.78. The number of rotatable bonds is 7. The van der Waals surface area contributed by atoms with E-state index >= 15 is 0 Å². The number of carbonyl (C=O) groups is 3. The number of carboxylic acid groups (broad SMARTS) is 1. The number of carbonyl (C=O) groups excluding carboxylic acids is 2. The predicted molar refractivity (Wildman–Crippen MR) is 129 cm³/mol. The fourth-order valence-electron chi connectivity index (χ4n) is 3.09. The van der Waals surface area contributed by atoms with Gasteiger partial charge in [0, 0.05) is 32.0 Å². The average Bonchev–Trinajstić information content (AvgIpc) is 2.69. The van der Waals surface area contributed by atoms with Gasteiger partial charge in [0.1, 0.15) is 5.60 Å². The Morgan fingerprint density at radius 1 is 0.970 bits per heavy atom. The van der Waals surface area contributed by atoms with E-state index in [-0.39, 0.29) is 16.9 Å². The summed E-state index contributed by atoms with van der Waals surface area (Å²) < 4.78 is 5.21. The van der Waals surface area contributed by atoms with Crippen molar-refractivity contribution in [2.45, 2.75) is 39.7 Å². The molecule has 0 bridgehead atoms. The van der Waals surface area contributed by atoms with Crippen LogP contribution in [0.4, 0.5) is 26.7 Å². The largest absolute Gasteiger partial charge is 0.478 e. The van der Waals surface area contributed by atoms with Crippen LogP contribution in [0.1, 0.15) is 42.3 Å². The maximum absolute atomic E-state index is 12.3. The van der Waals surface area contributed by atoms with Crippen LogP contribution < -0.4 is 20.9 Å². The first-order valence-electron chi connectivity index (χ1n) is 10.6. The Morgan fingerprint density at radius 3 is 2.12 bits per heavy atom. The first-order valence-corrected chi connectivity index (χ1v) is 10.6. The molecule has 0 aliphatic carbocycles. The average molecular weight is 457 g/mol. The number of amides is 3. The molecule has 178 valence electrons. The lowest BCUT2D eigenvalue weighted by Crippen LogP contribution is -2.31. The van der Waals surface area contributed by atoms with Crippen molar-refractivity contribution in [2.75, 3.05) is 36.2 Å². The summed E-state index contributed by atoms with van der Waals surface area (Å²) in [5.41, 5.74) is 2.06. The molecule has 0 radical (unpaired) electrons. The zero-order valence-corrected chi connectivity index (χ0v) is 19.9. The number of carboxylic acids is 1. The molecule has 0 saturated heterocycles. The van der Waals surface area contributed by atoms with Crippen molar-refractivity contribution >= 4 is 35.2 Å². The number of nitrogens with zero attached hydrogens (tertiary/aromatic N) is 1. The zero-order chi connectivity index (χ0) is 24.8. The van der Waals surface area contributed by atoms with Crippen molar-refractivity contribution in [2.24, 2.45) is 0 Å². The van der Waals surface area contributed by atoms with E-state index in [1.807, 2.05) is 43.3 Å². The fourth-order valence-corrected chi connectivity index (χ4v) is 3.09. The topological polar surface area (TPSA) is 120 Å². The summed E-state index contributed by atoms with van der Waals surface area (Å²) >= 11 is 0. The Bertz CT molecular complexity index is 1010. The van der Waals surface area contributed by atoms with Gasteiger partial charge >= 0.3 is 18.1 Å². The number of aromatic carboxylic acids is 1. The van der Waals surface area contributed by atoms with Gasteiger partial charge in [0.25, 0.3) is 0 Å². The van der Waals surface area contributed by atoms with E-state index in [1.54, 1.807) is 27.7 Å². The number of hydrogen-bond donors (Lipinski definition) is 4. The van der Waals surface area contributed by atoms with Gasteiger partial charge in [0.05, 0.1) is 11.3 Å². The predicted octanol–water partition coefficient (Wildman–Crippen LogP) is 4.47. The van der Waals surface area contributed by atoms with E-state index in [0.717, 1.165) is 11.3 Å². The van der Waals surface area contributed by atoms with Gasteiger partial charge in [0.15, 0.2) is 0 Å². The quantitative estimate of drug-likeness (QED) is 0.488. The summed E-state index contributed by atoms with van der Waals surface area (Å²) in [6.07, 6.45) is -0.0657. The van der Waals surface area contributed by atoms with Crippen LogP contribution in [0.2, 0.25) is 0 Å². The third-order valence-corrected chi connectivity index (χ3v) is 4.71. The van der Waals surface area contributed by atoms with Crippen LogP contribution in [0.15, 0.2) is 36.4 Å². The highest BCUT2D eigenvalue weighted by Crippen LogP contribution is 2.27. The monoisotopic (exact) mass is 456 g/mol. The van der Waals surface area contributed by atoms with Crippen molar-refractivity contribution in [3.8, 4) is 0 Å². The molecule has 0 saturated carbocycles. The molecular weight excluding hydrogens is 424 g/mol. The first kappa shape index (κ1) is 25.5. The van der Waals surface area contributed by atoms with Crippen molar-refractivity contribution in [3.63, 3.8) is 0 Å². The number of nitrogens with one attached hydrogen (secondary N) is 3. The maximum Gasteiger partial charge on any atom is 0.412 e. The summed E-state index contributed by atoms with van der Waals surface area (Å²) in [6, 6.07) is 10.4. The summed E-state index contributed by atoms with van der Waals surface area (Å²) in [7, 11) is 3.93. The standard InChI is InChI=1S/C24H32N4O5/c1-15-18(27-23(32)33-24(2,3)4)11-12-19(20(15)21(29)30)26-22(31)25-14-13-16-7-9-17(10-8-16)28(5)6/h7-12H,13-14H2,1-6H3,(H,27,32)(H,29,30)(H2,25,26,31). The summed E-state index contributed by atoms with van der Waals surface area (Å²) in [4.78, 5) is 38.2. The summed E-state index contributed by atoms with van der Waals surface area (Å²) in [5.74, 6) is -1.23. The highest BCUT2D eigenvalue weighted by Gasteiger charge is 2.21. The molecule has 0 atom stereocenters. The van der Waals surface area contributed by atoms with Gasteiger partial charge < -0.3 is 25.4 Å². The van der Waals surface area contributed by atoms with Crippen molar-refractivity contribution in [3.05, 3.63) is 53.1 Å². The second kappa shape index (κ2) is 10.7. The molecule has 0 heterocycles. The lowest BCUT2D eigenvalue weighted by Gasteiger charge is -2.21. The van der Waals surface area contributed by atoms with Gasteiger partial charge in [-0.1, -0.05) is 12.1 Å². The van der Waals surface area contributed by atoms with E-state index in [4.69, 9.17) is 4.74 Å². The molecule has 4 N–H and O–H groups in total. The third-order valence-electron chi connectivity index (χ3n) is 4.71. The minimum atomic E-state index is -1.23. The van der Waals surface area contributed by atoms with Gasteiger partial charge in [0.2, 0.25) is 0 Å². The lowest BCUT2D eigenvalue weighted by molar-refractivity contribution is 0.0632. The number of urea groups is 1. The number of anilines is 3. The normalized spacial score (nSPS) is 10.8. The molecule has 2 aromatic rings. The molecule has 0 unspecified atom stereocenters. The maximum atomic E-state index is 12.3. The molecule has 0 aliphatic rings. The van der Waals surface area contributed by atoms with E-state index in [0.29, 0.717) is 18.5 Å². The van der Waals surface area contributed by atoms with Crippen molar-refractivity contribution < 1.29 is 24.2 Å². The Balaban J connectivity index is 2.02. The van der Waals surface area contributed by atoms with Crippen LogP contribution in [-0.2, 0) is 11.2 Å². The van der Waals surface area contributed by atoms with Crippen LogP contribution in [0.5, 0.6) is 0 Å². The van der Waals surface area contributed by atoms with Crippen molar-refractivity contribution in [1.29, 1.82) is 0 Å².